The second-order valence-corrected chi connectivity index (χ2v) is 8.13. The zero-order chi connectivity index (χ0) is 17.4. The van der Waals surface area contributed by atoms with Crippen molar-refractivity contribution in [1.29, 1.82) is 0 Å². The van der Waals surface area contributed by atoms with E-state index in [1.54, 1.807) is 20.3 Å². The average Bonchev–Trinajstić information content (AvgIpc) is 2.58. The number of ether oxygens (including phenoxy) is 2. The Morgan fingerprint density at radius 1 is 1.08 bits per heavy atom. The van der Waals surface area contributed by atoms with Gasteiger partial charge in [0.1, 0.15) is 11.5 Å². The summed E-state index contributed by atoms with van der Waals surface area (Å²) >= 11 is 0. The molecule has 0 radical (unpaired) electrons. The Morgan fingerprint density at radius 2 is 1.72 bits per heavy atom. The minimum Gasteiger partial charge on any atom is -0.497 e. The molecule has 4 aliphatic rings. The van der Waals surface area contributed by atoms with E-state index in [9.17, 15) is 4.79 Å². The first-order chi connectivity index (χ1) is 12.1. The number of hydrogen-bond acceptors (Lipinski definition) is 3. The maximum Gasteiger partial charge on any atom is 0.244 e. The molecule has 4 heteroatoms. The van der Waals surface area contributed by atoms with Crippen LogP contribution in [0.25, 0.3) is 6.08 Å². The van der Waals surface area contributed by atoms with Crippen LogP contribution in [0.3, 0.4) is 0 Å². The molecule has 4 nitrogen and oxygen atoms in total. The van der Waals surface area contributed by atoms with Gasteiger partial charge in [0.2, 0.25) is 5.91 Å². The lowest BCUT2D eigenvalue weighted by atomic mass is 9.53. The van der Waals surface area contributed by atoms with Gasteiger partial charge in [0.05, 0.1) is 14.2 Å². The van der Waals surface area contributed by atoms with Crippen LogP contribution in [0, 0.1) is 17.8 Å². The Morgan fingerprint density at radius 3 is 2.28 bits per heavy atom. The molecule has 25 heavy (non-hydrogen) atoms. The highest BCUT2D eigenvalue weighted by molar-refractivity contribution is 5.92. The van der Waals surface area contributed by atoms with E-state index in [0.29, 0.717) is 0 Å². The number of benzene rings is 1. The van der Waals surface area contributed by atoms with Crippen LogP contribution in [0.1, 0.15) is 44.1 Å². The molecule has 0 unspecified atom stereocenters. The first-order valence-electron chi connectivity index (χ1n) is 9.31. The average molecular weight is 341 g/mol. The predicted octanol–water partition coefficient (Wildman–Crippen LogP) is 3.80. The van der Waals surface area contributed by atoms with E-state index in [0.717, 1.165) is 34.8 Å². The Labute approximate surface area is 149 Å². The van der Waals surface area contributed by atoms with Gasteiger partial charge in [-0.1, -0.05) is 0 Å². The summed E-state index contributed by atoms with van der Waals surface area (Å²) in [6.45, 7) is 0. The van der Waals surface area contributed by atoms with Crippen molar-refractivity contribution in [2.45, 2.75) is 44.1 Å². The molecule has 1 amide bonds. The van der Waals surface area contributed by atoms with E-state index >= 15 is 0 Å². The van der Waals surface area contributed by atoms with Crippen molar-refractivity contribution in [3.8, 4) is 11.5 Å². The van der Waals surface area contributed by atoms with Crippen LogP contribution in [-0.2, 0) is 4.79 Å². The molecular weight excluding hydrogens is 314 g/mol. The van der Waals surface area contributed by atoms with E-state index in [-0.39, 0.29) is 11.4 Å². The minimum absolute atomic E-state index is 0.00632. The first-order valence-corrected chi connectivity index (χ1v) is 9.31. The van der Waals surface area contributed by atoms with Crippen LogP contribution in [-0.4, -0.2) is 25.7 Å². The third-order valence-electron chi connectivity index (χ3n) is 6.28. The van der Waals surface area contributed by atoms with Crippen molar-refractivity contribution >= 4 is 12.0 Å². The van der Waals surface area contributed by atoms with Gasteiger partial charge >= 0.3 is 0 Å². The maximum absolute atomic E-state index is 12.6. The van der Waals surface area contributed by atoms with Crippen molar-refractivity contribution in [1.82, 2.24) is 5.32 Å². The molecule has 4 saturated carbocycles. The molecule has 0 saturated heterocycles. The maximum atomic E-state index is 12.6. The summed E-state index contributed by atoms with van der Waals surface area (Å²) in [6, 6.07) is 5.59. The second-order valence-electron chi connectivity index (χ2n) is 8.13. The van der Waals surface area contributed by atoms with Gasteiger partial charge in [0.15, 0.2) is 0 Å². The molecule has 1 N–H and O–H groups in total. The zero-order valence-corrected chi connectivity index (χ0v) is 15.1. The summed E-state index contributed by atoms with van der Waals surface area (Å²) in [5.41, 5.74) is 0.900. The molecule has 0 aromatic heterocycles. The van der Waals surface area contributed by atoms with E-state index in [2.05, 4.69) is 5.32 Å². The number of nitrogens with one attached hydrogen (secondary N) is 1. The van der Waals surface area contributed by atoms with Gasteiger partial charge < -0.3 is 14.8 Å². The highest BCUT2D eigenvalue weighted by Gasteiger charge is 2.51. The minimum atomic E-state index is 0.00632. The highest BCUT2D eigenvalue weighted by Crippen LogP contribution is 2.55. The lowest BCUT2D eigenvalue weighted by Crippen LogP contribution is -2.59. The molecule has 0 atom stereocenters. The fourth-order valence-corrected chi connectivity index (χ4v) is 5.70. The summed E-state index contributed by atoms with van der Waals surface area (Å²) in [6.07, 6.45) is 11.1. The van der Waals surface area contributed by atoms with Gasteiger partial charge in [-0.25, -0.2) is 0 Å². The standard InChI is InChI=1S/C21H27NO3/c1-24-18-4-5-19(25-2)17(10-18)3-6-20(23)22-21-11-14-7-15(12-21)9-16(8-14)13-21/h3-6,10,14-16H,7-9,11-13H2,1-2H3,(H,22,23)/b6-3+. The fraction of sp³-hybridized carbons (Fsp3) is 0.571. The van der Waals surface area contributed by atoms with Gasteiger partial charge in [-0.2, -0.15) is 0 Å². The van der Waals surface area contributed by atoms with Crippen LogP contribution in [0.5, 0.6) is 11.5 Å². The molecule has 5 rings (SSSR count). The molecule has 4 fully saturated rings. The Bertz CT molecular complexity index is 659. The molecule has 0 aliphatic heterocycles. The molecule has 1 aromatic carbocycles. The summed E-state index contributed by atoms with van der Waals surface area (Å²) in [4.78, 5) is 12.6. The van der Waals surface area contributed by atoms with E-state index < -0.39 is 0 Å². The number of carbonyl (C=O) groups is 1. The highest BCUT2D eigenvalue weighted by atomic mass is 16.5. The fourth-order valence-electron chi connectivity index (χ4n) is 5.70. The van der Waals surface area contributed by atoms with Crippen molar-refractivity contribution in [3.05, 3.63) is 29.8 Å². The summed E-state index contributed by atoms with van der Waals surface area (Å²) < 4.78 is 10.6. The second kappa shape index (κ2) is 6.40. The summed E-state index contributed by atoms with van der Waals surface area (Å²) in [5, 5.41) is 3.36. The van der Waals surface area contributed by atoms with Crippen LogP contribution in [0.2, 0.25) is 0 Å². The van der Waals surface area contributed by atoms with E-state index in [4.69, 9.17) is 9.47 Å². The molecule has 4 aliphatic carbocycles. The monoisotopic (exact) mass is 341 g/mol. The van der Waals surface area contributed by atoms with Crippen LogP contribution >= 0.6 is 0 Å². The van der Waals surface area contributed by atoms with Crippen molar-refractivity contribution in [3.63, 3.8) is 0 Å². The van der Waals surface area contributed by atoms with Crippen molar-refractivity contribution in [2.24, 2.45) is 17.8 Å². The Kier molecular flexibility index (Phi) is 4.22. The molecule has 4 bridgehead atoms. The van der Waals surface area contributed by atoms with Gasteiger partial charge in [0.25, 0.3) is 0 Å². The number of amides is 1. The Hall–Kier alpha value is -1.97. The van der Waals surface area contributed by atoms with Crippen molar-refractivity contribution in [2.75, 3.05) is 14.2 Å². The quantitative estimate of drug-likeness (QED) is 0.829. The third kappa shape index (κ3) is 3.26. The summed E-state index contributed by atoms with van der Waals surface area (Å²) in [7, 11) is 3.27. The molecular formula is C21H27NO3. The van der Waals surface area contributed by atoms with E-state index in [1.165, 1.54) is 38.5 Å². The Balaban J connectivity index is 1.47. The zero-order valence-electron chi connectivity index (χ0n) is 15.1. The van der Waals surface area contributed by atoms with Crippen molar-refractivity contribution < 1.29 is 14.3 Å². The van der Waals surface area contributed by atoms with Gasteiger partial charge in [-0.15, -0.1) is 0 Å². The largest absolute Gasteiger partial charge is 0.497 e. The third-order valence-corrected chi connectivity index (χ3v) is 6.28. The SMILES string of the molecule is COc1ccc(OC)c(/C=C/C(=O)NC23CC4CC(CC(C4)C2)C3)c1. The lowest BCUT2D eigenvalue weighted by Gasteiger charge is -2.56. The summed E-state index contributed by atoms with van der Waals surface area (Å²) in [5.74, 6) is 3.98. The smallest absolute Gasteiger partial charge is 0.244 e. The number of methoxy groups -OCH3 is 2. The molecule has 0 spiro atoms. The van der Waals surface area contributed by atoms with E-state index in [1.807, 2.05) is 24.3 Å². The van der Waals surface area contributed by atoms with Crippen LogP contribution in [0.4, 0.5) is 0 Å². The molecule has 134 valence electrons. The number of hydrogen-bond donors (Lipinski definition) is 1. The van der Waals surface area contributed by atoms with Crippen LogP contribution < -0.4 is 14.8 Å². The topological polar surface area (TPSA) is 47.6 Å². The molecule has 1 aromatic rings. The molecule has 0 heterocycles. The lowest BCUT2D eigenvalue weighted by molar-refractivity contribution is -0.122. The van der Waals surface area contributed by atoms with Gasteiger partial charge in [0, 0.05) is 17.2 Å². The van der Waals surface area contributed by atoms with Gasteiger partial charge in [-0.3, -0.25) is 4.79 Å². The number of carbonyl (C=O) groups excluding carboxylic acids is 1. The number of rotatable bonds is 5. The normalized spacial score (nSPS) is 32.8. The van der Waals surface area contributed by atoms with Gasteiger partial charge in [-0.05, 0) is 80.6 Å². The first kappa shape index (κ1) is 16.5. The predicted molar refractivity (Wildman–Crippen MR) is 97.6 cm³/mol. The van der Waals surface area contributed by atoms with Crippen LogP contribution in [0.15, 0.2) is 24.3 Å².